The van der Waals surface area contributed by atoms with Crippen molar-refractivity contribution in [3.63, 3.8) is 0 Å². The SMILES string of the molecule is CN1C(F)=CC(N2CCNCC2)=CC1C(=N)N. The smallest absolute Gasteiger partial charge is 0.192 e. The highest BCUT2D eigenvalue weighted by molar-refractivity contribution is 5.85. The minimum absolute atomic E-state index is 0.0385. The molecule has 0 spiro atoms. The van der Waals surface area contributed by atoms with Crippen LogP contribution in [0.3, 0.4) is 0 Å². The first-order valence-corrected chi connectivity index (χ1v) is 5.71. The van der Waals surface area contributed by atoms with E-state index in [-0.39, 0.29) is 11.8 Å². The normalized spacial score (nSPS) is 25.4. The maximum atomic E-state index is 13.7. The third-order valence-corrected chi connectivity index (χ3v) is 3.15. The summed E-state index contributed by atoms with van der Waals surface area (Å²) in [6, 6.07) is -0.482. The fourth-order valence-electron chi connectivity index (χ4n) is 2.10. The molecule has 0 bridgehead atoms. The number of nitrogens with one attached hydrogen (secondary N) is 2. The number of likely N-dealkylation sites (N-methyl/N-ethyl adjacent to an activating group) is 1. The van der Waals surface area contributed by atoms with Gasteiger partial charge in [0.05, 0.1) is 0 Å². The van der Waals surface area contributed by atoms with Gasteiger partial charge in [-0.1, -0.05) is 0 Å². The topological polar surface area (TPSA) is 68.4 Å². The van der Waals surface area contributed by atoms with Gasteiger partial charge in [-0.15, -0.1) is 0 Å². The zero-order valence-corrected chi connectivity index (χ0v) is 9.91. The summed E-state index contributed by atoms with van der Waals surface area (Å²) in [6.45, 7) is 3.49. The van der Waals surface area contributed by atoms with Crippen LogP contribution in [-0.4, -0.2) is 54.9 Å². The molecular formula is C11H18FN5. The van der Waals surface area contributed by atoms with Crippen LogP contribution in [0.25, 0.3) is 0 Å². The van der Waals surface area contributed by atoms with Crippen LogP contribution in [0.2, 0.25) is 0 Å². The lowest BCUT2D eigenvalue weighted by Gasteiger charge is -2.35. The van der Waals surface area contributed by atoms with Crippen molar-refractivity contribution in [3.05, 3.63) is 23.8 Å². The third kappa shape index (κ3) is 2.41. The van der Waals surface area contributed by atoms with E-state index in [9.17, 15) is 4.39 Å². The predicted molar refractivity (Wildman–Crippen MR) is 65.2 cm³/mol. The highest BCUT2D eigenvalue weighted by atomic mass is 19.1. The van der Waals surface area contributed by atoms with Crippen LogP contribution in [-0.2, 0) is 0 Å². The Hall–Kier alpha value is -1.56. The van der Waals surface area contributed by atoms with Gasteiger partial charge >= 0.3 is 0 Å². The molecule has 6 heteroatoms. The Labute approximate surface area is 100 Å². The summed E-state index contributed by atoms with van der Waals surface area (Å²) in [5.41, 5.74) is 6.31. The number of amidine groups is 1. The Morgan fingerprint density at radius 2 is 2.18 bits per heavy atom. The third-order valence-electron chi connectivity index (χ3n) is 3.15. The molecule has 1 fully saturated rings. The van der Waals surface area contributed by atoms with Crippen LogP contribution in [0.4, 0.5) is 4.39 Å². The number of hydrogen-bond acceptors (Lipinski definition) is 4. The second-order valence-corrected chi connectivity index (χ2v) is 4.31. The van der Waals surface area contributed by atoms with Crippen molar-refractivity contribution < 1.29 is 4.39 Å². The number of hydrogen-bond donors (Lipinski definition) is 3. The van der Waals surface area contributed by atoms with E-state index in [2.05, 4.69) is 10.2 Å². The number of halogens is 1. The number of allylic oxidation sites excluding steroid dienone is 1. The summed E-state index contributed by atoms with van der Waals surface area (Å²) in [7, 11) is 1.60. The van der Waals surface area contributed by atoms with Crippen molar-refractivity contribution in [2.24, 2.45) is 5.73 Å². The summed E-state index contributed by atoms with van der Waals surface area (Å²) in [4.78, 5) is 3.48. The van der Waals surface area contributed by atoms with Crippen molar-refractivity contribution in [1.29, 1.82) is 5.41 Å². The van der Waals surface area contributed by atoms with Crippen LogP contribution in [0.15, 0.2) is 23.8 Å². The maximum absolute atomic E-state index is 13.7. The molecule has 94 valence electrons. The van der Waals surface area contributed by atoms with Gasteiger partial charge in [0.1, 0.15) is 11.9 Å². The lowest BCUT2D eigenvalue weighted by molar-refractivity contribution is 0.272. The molecule has 4 N–H and O–H groups in total. The van der Waals surface area contributed by atoms with Crippen molar-refractivity contribution in [2.75, 3.05) is 33.2 Å². The minimum Gasteiger partial charge on any atom is -0.386 e. The average Bonchev–Trinajstić information content (AvgIpc) is 2.33. The zero-order chi connectivity index (χ0) is 12.4. The van der Waals surface area contributed by atoms with Crippen LogP contribution >= 0.6 is 0 Å². The molecule has 2 aliphatic heterocycles. The van der Waals surface area contributed by atoms with Gasteiger partial charge in [-0.05, 0) is 6.08 Å². The summed E-state index contributed by atoms with van der Waals surface area (Å²) in [6.07, 6.45) is 3.35. The zero-order valence-electron chi connectivity index (χ0n) is 9.91. The molecule has 0 saturated carbocycles. The molecular weight excluding hydrogens is 221 g/mol. The molecule has 5 nitrogen and oxygen atoms in total. The molecule has 1 saturated heterocycles. The molecule has 0 aromatic carbocycles. The Balaban J connectivity index is 2.20. The van der Waals surface area contributed by atoms with E-state index in [1.165, 1.54) is 11.0 Å². The number of rotatable bonds is 2. The molecule has 0 aliphatic carbocycles. The molecule has 2 aliphatic rings. The van der Waals surface area contributed by atoms with Crippen molar-refractivity contribution in [1.82, 2.24) is 15.1 Å². The van der Waals surface area contributed by atoms with E-state index in [0.29, 0.717) is 0 Å². The predicted octanol–water partition coefficient (Wildman–Crippen LogP) is -0.164. The summed E-state index contributed by atoms with van der Waals surface area (Å²) in [5.74, 6) is -0.385. The van der Waals surface area contributed by atoms with E-state index in [4.69, 9.17) is 11.1 Å². The van der Waals surface area contributed by atoms with E-state index in [1.807, 2.05) is 6.08 Å². The van der Waals surface area contributed by atoms with Gasteiger partial charge in [0.15, 0.2) is 5.95 Å². The molecule has 1 atom stereocenters. The van der Waals surface area contributed by atoms with Crippen LogP contribution in [0, 0.1) is 5.41 Å². The first-order valence-electron chi connectivity index (χ1n) is 5.71. The quantitative estimate of drug-likeness (QED) is 0.356. The molecule has 2 rings (SSSR count). The molecule has 2 heterocycles. The fraction of sp³-hybridized carbons (Fsp3) is 0.545. The van der Waals surface area contributed by atoms with E-state index in [0.717, 1.165) is 31.9 Å². The maximum Gasteiger partial charge on any atom is 0.192 e. The van der Waals surface area contributed by atoms with Crippen molar-refractivity contribution >= 4 is 5.84 Å². The van der Waals surface area contributed by atoms with Crippen LogP contribution in [0.1, 0.15) is 0 Å². The Morgan fingerprint density at radius 1 is 1.53 bits per heavy atom. The largest absolute Gasteiger partial charge is 0.386 e. The van der Waals surface area contributed by atoms with Gasteiger partial charge in [0.2, 0.25) is 0 Å². The van der Waals surface area contributed by atoms with E-state index >= 15 is 0 Å². The highest BCUT2D eigenvalue weighted by Gasteiger charge is 2.25. The van der Waals surface area contributed by atoms with Gasteiger partial charge in [-0.2, -0.15) is 4.39 Å². The Bertz CT molecular complexity index is 370. The van der Waals surface area contributed by atoms with Gasteiger partial charge in [0.25, 0.3) is 0 Å². The number of nitrogens with zero attached hydrogens (tertiary/aromatic N) is 2. The molecule has 0 aromatic heterocycles. The number of nitrogens with two attached hydrogens (primary N) is 1. The monoisotopic (exact) mass is 239 g/mol. The van der Waals surface area contributed by atoms with Gasteiger partial charge in [0, 0.05) is 45.0 Å². The number of piperazine rings is 1. The van der Waals surface area contributed by atoms with Crippen LogP contribution in [0.5, 0.6) is 0 Å². The molecule has 1 unspecified atom stereocenters. The Kier molecular flexibility index (Phi) is 3.33. The summed E-state index contributed by atoms with van der Waals surface area (Å²) in [5, 5.41) is 10.7. The second-order valence-electron chi connectivity index (χ2n) is 4.31. The first-order chi connectivity index (χ1) is 8.09. The van der Waals surface area contributed by atoms with Crippen LogP contribution < -0.4 is 11.1 Å². The van der Waals surface area contributed by atoms with Gasteiger partial charge in [-0.3, -0.25) is 5.41 Å². The molecule has 0 amide bonds. The summed E-state index contributed by atoms with van der Waals surface area (Å²) >= 11 is 0. The van der Waals surface area contributed by atoms with Crippen molar-refractivity contribution in [3.8, 4) is 0 Å². The van der Waals surface area contributed by atoms with E-state index in [1.54, 1.807) is 7.05 Å². The van der Waals surface area contributed by atoms with Gasteiger partial charge < -0.3 is 20.9 Å². The fourth-order valence-corrected chi connectivity index (χ4v) is 2.10. The molecule has 17 heavy (non-hydrogen) atoms. The summed E-state index contributed by atoms with van der Waals surface area (Å²) < 4.78 is 13.7. The minimum atomic E-state index is -0.482. The highest BCUT2D eigenvalue weighted by Crippen LogP contribution is 2.22. The Morgan fingerprint density at radius 3 is 2.76 bits per heavy atom. The van der Waals surface area contributed by atoms with Crippen molar-refractivity contribution in [2.45, 2.75) is 6.04 Å². The molecule has 0 aromatic rings. The first kappa shape index (κ1) is 11.9. The van der Waals surface area contributed by atoms with Gasteiger partial charge in [-0.25, -0.2) is 0 Å². The van der Waals surface area contributed by atoms with E-state index < -0.39 is 6.04 Å². The lowest BCUT2D eigenvalue weighted by Crippen LogP contribution is -2.46. The second kappa shape index (κ2) is 4.75. The standard InChI is InChI=1S/C11H18FN5/c1-16-9(11(13)14)6-8(7-10(16)12)17-4-2-15-3-5-17/h6-7,9,15H,2-5H2,1H3,(H3,13,14). The lowest BCUT2D eigenvalue weighted by atomic mass is 10.1. The molecule has 0 radical (unpaired) electrons. The average molecular weight is 239 g/mol.